The molecule has 0 unspecified atom stereocenters. The van der Waals surface area contributed by atoms with Crippen LogP contribution in [0.15, 0.2) is 27.6 Å². The van der Waals surface area contributed by atoms with E-state index in [-0.39, 0.29) is 4.90 Å². The number of sulfonamides is 1. The third kappa shape index (κ3) is 2.62. The second kappa shape index (κ2) is 5.17. The number of ether oxygens (including phenoxy) is 1. The Balaban J connectivity index is 2.47. The van der Waals surface area contributed by atoms with Gasteiger partial charge in [-0.25, -0.2) is 8.42 Å². The molecule has 2 rings (SSSR count). The first kappa shape index (κ1) is 13.2. The molecule has 1 aliphatic heterocycles. The number of methoxy groups -OCH3 is 1. The van der Waals surface area contributed by atoms with Gasteiger partial charge in [-0.3, -0.25) is 0 Å². The SMILES string of the molecule is COc1ccc(Br)cc1S(=O)(=O)N1CCSC1. The number of thioether (sulfide) groups is 1. The average Bonchev–Trinajstić information content (AvgIpc) is 2.83. The minimum atomic E-state index is -3.45. The predicted octanol–water partition coefficient (Wildman–Crippen LogP) is 2.15. The van der Waals surface area contributed by atoms with Crippen molar-refractivity contribution in [3.05, 3.63) is 22.7 Å². The maximum absolute atomic E-state index is 12.4. The van der Waals surface area contributed by atoms with Gasteiger partial charge in [-0.2, -0.15) is 4.31 Å². The summed E-state index contributed by atoms with van der Waals surface area (Å²) in [5.74, 6) is 1.73. The fourth-order valence-electron chi connectivity index (χ4n) is 1.58. The molecule has 1 aliphatic rings. The van der Waals surface area contributed by atoms with E-state index in [1.54, 1.807) is 30.0 Å². The van der Waals surface area contributed by atoms with E-state index in [2.05, 4.69) is 15.9 Å². The van der Waals surface area contributed by atoms with E-state index in [1.807, 2.05) is 0 Å². The molecule has 0 bridgehead atoms. The lowest BCUT2D eigenvalue weighted by Gasteiger charge is -2.17. The molecule has 17 heavy (non-hydrogen) atoms. The Bertz CT molecular complexity index is 512. The van der Waals surface area contributed by atoms with E-state index >= 15 is 0 Å². The zero-order valence-corrected chi connectivity index (χ0v) is 12.4. The van der Waals surface area contributed by atoms with Crippen LogP contribution in [-0.2, 0) is 10.0 Å². The normalized spacial score (nSPS) is 17.3. The summed E-state index contributed by atoms with van der Waals surface area (Å²) in [6.45, 7) is 0.558. The zero-order valence-electron chi connectivity index (χ0n) is 9.22. The van der Waals surface area contributed by atoms with E-state index in [0.717, 1.165) is 10.2 Å². The van der Waals surface area contributed by atoms with Gasteiger partial charge < -0.3 is 4.74 Å². The summed E-state index contributed by atoms with van der Waals surface area (Å²) in [4.78, 5) is 0.219. The second-order valence-electron chi connectivity index (χ2n) is 3.51. The van der Waals surface area contributed by atoms with Gasteiger partial charge in [0.15, 0.2) is 0 Å². The van der Waals surface area contributed by atoms with Crippen molar-refractivity contribution in [1.82, 2.24) is 4.31 Å². The Morgan fingerprint density at radius 3 is 2.82 bits per heavy atom. The van der Waals surface area contributed by atoms with Gasteiger partial charge in [-0.05, 0) is 18.2 Å². The van der Waals surface area contributed by atoms with Crippen LogP contribution >= 0.6 is 27.7 Å². The van der Waals surface area contributed by atoms with Crippen LogP contribution in [0.5, 0.6) is 5.75 Å². The van der Waals surface area contributed by atoms with Gasteiger partial charge in [-0.15, -0.1) is 11.8 Å². The summed E-state index contributed by atoms with van der Waals surface area (Å²) >= 11 is 4.90. The average molecular weight is 338 g/mol. The van der Waals surface area contributed by atoms with E-state index < -0.39 is 10.0 Å². The Kier molecular flexibility index (Phi) is 4.02. The molecule has 0 spiro atoms. The Morgan fingerprint density at radius 2 is 2.24 bits per heavy atom. The molecule has 1 fully saturated rings. The third-order valence-corrected chi connectivity index (χ3v) is 5.95. The van der Waals surface area contributed by atoms with Crippen molar-refractivity contribution in [2.75, 3.05) is 25.3 Å². The third-order valence-electron chi connectivity index (χ3n) is 2.46. The summed E-state index contributed by atoms with van der Waals surface area (Å²) in [6.07, 6.45) is 0. The summed E-state index contributed by atoms with van der Waals surface area (Å²) in [5.41, 5.74) is 0. The van der Waals surface area contributed by atoms with Gasteiger partial charge in [0.1, 0.15) is 10.6 Å². The molecule has 0 saturated carbocycles. The highest BCUT2D eigenvalue weighted by atomic mass is 79.9. The van der Waals surface area contributed by atoms with Crippen molar-refractivity contribution in [1.29, 1.82) is 0 Å². The summed E-state index contributed by atoms with van der Waals surface area (Å²) in [5, 5.41) is 0. The molecular weight excluding hydrogens is 326 g/mol. The van der Waals surface area contributed by atoms with E-state index in [1.165, 1.54) is 11.4 Å². The van der Waals surface area contributed by atoms with Crippen molar-refractivity contribution in [3.63, 3.8) is 0 Å². The lowest BCUT2D eigenvalue weighted by Crippen LogP contribution is -2.28. The highest BCUT2D eigenvalue weighted by Crippen LogP contribution is 2.31. The summed E-state index contributed by atoms with van der Waals surface area (Å²) in [7, 11) is -1.97. The van der Waals surface area contributed by atoms with Crippen LogP contribution in [-0.4, -0.2) is 38.0 Å². The molecule has 94 valence electrons. The number of benzene rings is 1. The van der Waals surface area contributed by atoms with Crippen LogP contribution in [0.1, 0.15) is 0 Å². The molecule has 0 radical (unpaired) electrons. The Morgan fingerprint density at radius 1 is 1.47 bits per heavy atom. The number of hydrogen-bond donors (Lipinski definition) is 0. The van der Waals surface area contributed by atoms with Crippen LogP contribution in [0.2, 0.25) is 0 Å². The van der Waals surface area contributed by atoms with Gasteiger partial charge in [0.2, 0.25) is 10.0 Å². The van der Waals surface area contributed by atoms with E-state index in [0.29, 0.717) is 18.2 Å². The van der Waals surface area contributed by atoms with Gasteiger partial charge >= 0.3 is 0 Å². The first-order chi connectivity index (χ1) is 8.05. The van der Waals surface area contributed by atoms with Crippen LogP contribution in [0.25, 0.3) is 0 Å². The monoisotopic (exact) mass is 337 g/mol. The quantitative estimate of drug-likeness (QED) is 0.847. The maximum atomic E-state index is 12.4. The molecule has 0 aromatic heterocycles. The standard InChI is InChI=1S/C10H12BrNO3S2/c1-15-9-3-2-8(11)6-10(9)17(13,14)12-4-5-16-7-12/h2-3,6H,4-5,7H2,1H3. The maximum Gasteiger partial charge on any atom is 0.247 e. The second-order valence-corrected chi connectivity index (χ2v) is 7.41. The first-order valence-electron chi connectivity index (χ1n) is 4.97. The van der Waals surface area contributed by atoms with Crippen molar-refractivity contribution in [2.45, 2.75) is 4.90 Å². The molecule has 1 aromatic rings. The smallest absolute Gasteiger partial charge is 0.247 e. The number of nitrogens with zero attached hydrogens (tertiary/aromatic N) is 1. The van der Waals surface area contributed by atoms with Crippen LogP contribution in [0.3, 0.4) is 0 Å². The minimum absolute atomic E-state index is 0.219. The van der Waals surface area contributed by atoms with Gasteiger partial charge in [0.05, 0.1) is 13.0 Å². The Labute approximate surface area is 114 Å². The van der Waals surface area contributed by atoms with Gasteiger partial charge in [-0.1, -0.05) is 15.9 Å². The lowest BCUT2D eigenvalue weighted by molar-refractivity contribution is 0.399. The molecule has 0 atom stereocenters. The topological polar surface area (TPSA) is 46.6 Å². The summed E-state index contributed by atoms with van der Waals surface area (Å²) in [6, 6.07) is 4.99. The van der Waals surface area contributed by atoms with Crippen molar-refractivity contribution < 1.29 is 13.2 Å². The fourth-order valence-corrected chi connectivity index (χ4v) is 5.09. The number of rotatable bonds is 3. The molecule has 1 aromatic carbocycles. The number of halogens is 1. The number of hydrogen-bond acceptors (Lipinski definition) is 4. The minimum Gasteiger partial charge on any atom is -0.495 e. The Hall–Kier alpha value is -0.240. The van der Waals surface area contributed by atoms with Gasteiger partial charge in [0, 0.05) is 16.8 Å². The zero-order chi connectivity index (χ0) is 12.5. The largest absolute Gasteiger partial charge is 0.495 e. The van der Waals surface area contributed by atoms with Crippen molar-refractivity contribution in [2.24, 2.45) is 0 Å². The summed E-state index contributed by atoms with van der Waals surface area (Å²) < 4.78 is 32.1. The van der Waals surface area contributed by atoms with Crippen LogP contribution in [0.4, 0.5) is 0 Å². The lowest BCUT2D eigenvalue weighted by atomic mass is 10.3. The van der Waals surface area contributed by atoms with E-state index in [9.17, 15) is 8.42 Å². The van der Waals surface area contributed by atoms with Crippen LogP contribution in [0, 0.1) is 0 Å². The van der Waals surface area contributed by atoms with Crippen molar-refractivity contribution >= 4 is 37.7 Å². The highest BCUT2D eigenvalue weighted by molar-refractivity contribution is 9.10. The molecule has 0 aliphatic carbocycles. The first-order valence-corrected chi connectivity index (χ1v) is 8.36. The van der Waals surface area contributed by atoms with E-state index in [4.69, 9.17) is 4.74 Å². The highest BCUT2D eigenvalue weighted by Gasteiger charge is 2.30. The predicted molar refractivity (Wildman–Crippen MR) is 71.9 cm³/mol. The van der Waals surface area contributed by atoms with Gasteiger partial charge in [0.25, 0.3) is 0 Å². The van der Waals surface area contributed by atoms with Crippen LogP contribution < -0.4 is 4.74 Å². The van der Waals surface area contributed by atoms with Crippen molar-refractivity contribution in [3.8, 4) is 5.75 Å². The molecule has 1 heterocycles. The fraction of sp³-hybridized carbons (Fsp3) is 0.400. The molecule has 0 N–H and O–H groups in total. The molecule has 1 saturated heterocycles. The molecule has 7 heteroatoms. The molecule has 4 nitrogen and oxygen atoms in total. The molecule has 0 amide bonds. The molecular formula is C10H12BrNO3S2.